The first kappa shape index (κ1) is 31.5. The van der Waals surface area contributed by atoms with E-state index < -0.39 is 24.6 Å². The summed E-state index contributed by atoms with van der Waals surface area (Å²) < 4.78 is 42.1. The predicted octanol–water partition coefficient (Wildman–Crippen LogP) is 9.93. The van der Waals surface area contributed by atoms with Crippen molar-refractivity contribution in [2.24, 2.45) is 0 Å². The zero-order chi connectivity index (χ0) is 27.3. The summed E-state index contributed by atoms with van der Waals surface area (Å²) in [5.41, 5.74) is 3.13. The van der Waals surface area contributed by atoms with E-state index >= 15 is 0 Å². The smallest absolute Gasteiger partial charge is 0.389 e. The Balaban J connectivity index is 1.82. The lowest BCUT2D eigenvalue weighted by molar-refractivity contribution is -0.136. The highest BCUT2D eigenvalue weighted by atomic mass is 35.8. The van der Waals surface area contributed by atoms with Gasteiger partial charge in [-0.2, -0.15) is 13.2 Å². The lowest BCUT2D eigenvalue weighted by Gasteiger charge is -2.09. The Morgan fingerprint density at radius 1 is 0.838 bits per heavy atom. The summed E-state index contributed by atoms with van der Waals surface area (Å²) in [6.07, 6.45) is 1.89. The van der Waals surface area contributed by atoms with E-state index in [-0.39, 0.29) is 6.42 Å². The summed E-state index contributed by atoms with van der Waals surface area (Å²) in [5, 5.41) is 9.57. The highest BCUT2D eigenvalue weighted by Crippen LogP contribution is 2.28. The van der Waals surface area contributed by atoms with Crippen molar-refractivity contribution in [1.82, 2.24) is 0 Å². The number of carbonyl (C=O) groups is 1. The number of rotatable bonds is 16. The van der Waals surface area contributed by atoms with Crippen molar-refractivity contribution in [3.63, 3.8) is 0 Å². The van der Waals surface area contributed by atoms with Gasteiger partial charge in [-0.1, -0.05) is 55.7 Å². The van der Waals surface area contributed by atoms with Crippen molar-refractivity contribution < 1.29 is 27.8 Å². The number of alkyl halides is 3. The van der Waals surface area contributed by atoms with Crippen molar-refractivity contribution in [3.8, 4) is 16.9 Å². The van der Waals surface area contributed by atoms with Crippen molar-refractivity contribution in [2.45, 2.75) is 70.0 Å². The van der Waals surface area contributed by atoms with E-state index in [1.165, 1.54) is 0 Å². The third-order valence-corrected chi connectivity index (χ3v) is 8.36. The second-order valence-corrected chi connectivity index (χ2v) is 18.2. The molecule has 2 aromatic carbocycles. The quantitative estimate of drug-likeness (QED) is 0.0909. The molecule has 0 bridgehead atoms. The van der Waals surface area contributed by atoms with Gasteiger partial charge in [0.15, 0.2) is 0 Å². The van der Waals surface area contributed by atoms with Crippen LogP contribution in [0.3, 0.4) is 0 Å². The Hall–Kier alpha value is -1.67. The molecular weight excluding hydrogens is 564 g/mol. The minimum atomic E-state index is -4.10. The monoisotopic (exact) mass is 594 g/mol. The third kappa shape index (κ3) is 14.2. The van der Waals surface area contributed by atoms with E-state index in [9.17, 15) is 23.1 Å². The Morgan fingerprint density at radius 3 is 1.97 bits per heavy atom. The first-order valence-electron chi connectivity index (χ1n) is 12.3. The van der Waals surface area contributed by atoms with E-state index in [0.717, 1.165) is 42.4 Å². The largest absolute Gasteiger partial charge is 0.494 e. The summed E-state index contributed by atoms with van der Waals surface area (Å²) in [7, 11) is 0. The highest BCUT2D eigenvalue weighted by Gasteiger charge is 2.25. The van der Waals surface area contributed by atoms with Gasteiger partial charge < -0.3 is 9.84 Å². The summed E-state index contributed by atoms with van der Waals surface area (Å²) >= 11 is 17.6. The molecule has 0 heterocycles. The van der Waals surface area contributed by atoms with E-state index in [4.69, 9.17) is 38.0 Å². The Bertz CT molecular complexity index is 989. The second-order valence-electron chi connectivity index (χ2n) is 8.92. The van der Waals surface area contributed by atoms with Crippen LogP contribution in [-0.2, 0) is 4.79 Å². The normalized spacial score (nSPS) is 12.5. The molecule has 0 aliphatic rings. The van der Waals surface area contributed by atoms with Crippen LogP contribution in [0.25, 0.3) is 17.2 Å². The van der Waals surface area contributed by atoms with Gasteiger partial charge in [0.25, 0.3) is 0 Å². The van der Waals surface area contributed by atoms with Crippen LogP contribution in [0.15, 0.2) is 54.1 Å². The van der Waals surface area contributed by atoms with Gasteiger partial charge in [0.2, 0.25) is 0 Å². The lowest BCUT2D eigenvalue weighted by Crippen LogP contribution is -2.07. The summed E-state index contributed by atoms with van der Waals surface area (Å²) in [5.74, 6) is -0.256. The van der Waals surface area contributed by atoms with Crippen LogP contribution in [-0.4, -0.2) is 29.9 Å². The van der Waals surface area contributed by atoms with E-state index in [2.05, 4.69) is 0 Å². The number of carboxylic acid groups (broad SMARTS) is 1. The van der Waals surface area contributed by atoms with Crippen molar-refractivity contribution in [2.75, 3.05) is 6.61 Å². The van der Waals surface area contributed by atoms with E-state index in [1.54, 1.807) is 6.08 Å². The average molecular weight is 596 g/mol. The van der Waals surface area contributed by atoms with Gasteiger partial charge in [0, 0.05) is 12.0 Å². The molecule has 0 spiro atoms. The molecule has 0 fully saturated rings. The average Bonchev–Trinajstić information content (AvgIpc) is 2.82. The Labute approximate surface area is 231 Å². The molecule has 0 unspecified atom stereocenters. The maximum atomic E-state index is 12.2. The van der Waals surface area contributed by atoms with Gasteiger partial charge in [-0.05, 0) is 73.0 Å². The molecule has 0 saturated heterocycles. The van der Waals surface area contributed by atoms with Crippen LogP contribution in [0, 0.1) is 0 Å². The molecule has 0 aromatic heterocycles. The maximum Gasteiger partial charge on any atom is 0.389 e. The molecule has 2 aromatic rings. The van der Waals surface area contributed by atoms with Crippen molar-refractivity contribution >= 4 is 51.3 Å². The number of ether oxygens (including phenoxy) is 1. The maximum absolute atomic E-state index is 12.2. The molecule has 10 heteroatoms. The Morgan fingerprint density at radius 2 is 1.41 bits per heavy atom. The van der Waals surface area contributed by atoms with Crippen LogP contribution in [0.5, 0.6) is 5.75 Å². The molecule has 0 amide bonds. The summed E-state index contributed by atoms with van der Waals surface area (Å²) in [4.78, 5) is 11.7. The van der Waals surface area contributed by atoms with Crippen LogP contribution >= 0.6 is 33.2 Å². The van der Waals surface area contributed by atoms with Gasteiger partial charge in [-0.15, -0.1) is 33.2 Å². The topological polar surface area (TPSA) is 46.5 Å². The summed E-state index contributed by atoms with van der Waals surface area (Å²) in [6.45, 7) is 0.376. The van der Waals surface area contributed by atoms with Gasteiger partial charge in [0.05, 0.1) is 6.61 Å². The highest BCUT2D eigenvalue weighted by molar-refractivity contribution is 7.64. The number of halogens is 6. The summed E-state index contributed by atoms with van der Waals surface area (Å²) in [6, 6.07) is 13.2. The van der Waals surface area contributed by atoms with Gasteiger partial charge in [-0.3, -0.25) is 0 Å². The molecule has 0 aliphatic carbocycles. The molecule has 1 N–H and O–H groups in total. The minimum absolute atomic E-state index is 0.117. The zero-order valence-electron chi connectivity index (χ0n) is 20.5. The number of hydrogen-bond acceptors (Lipinski definition) is 2. The van der Waals surface area contributed by atoms with Crippen molar-refractivity contribution in [1.29, 1.82) is 0 Å². The van der Waals surface area contributed by atoms with Gasteiger partial charge in [0.1, 0.15) is 5.75 Å². The fraction of sp³-hybridized carbons (Fsp3) is 0.444. The molecule has 2 rings (SSSR count). The number of aliphatic carboxylic acids is 1. The molecule has 0 radical (unpaired) electrons. The fourth-order valence-corrected chi connectivity index (χ4v) is 5.60. The molecule has 3 nitrogen and oxygen atoms in total. The van der Waals surface area contributed by atoms with Gasteiger partial charge >= 0.3 is 18.1 Å². The number of carboxylic acids is 1. The van der Waals surface area contributed by atoms with Crippen LogP contribution < -0.4 is 4.74 Å². The second kappa shape index (κ2) is 15.7. The van der Waals surface area contributed by atoms with Crippen LogP contribution in [0.2, 0.25) is 6.04 Å². The minimum Gasteiger partial charge on any atom is -0.494 e. The third-order valence-electron chi connectivity index (χ3n) is 5.74. The SMILES string of the molecule is O=C(O)/C(=C/c1ccc(-c2ccc(OCCCCCC(F)(F)F)cc2)cc1)CCCCCC[Si](Cl)(Cl)Cl. The standard InChI is InChI=1S/C27H32Cl3F3O3Si/c28-37(29,30)19-7-2-1-4-8-24(26(34)35)20-21-9-11-22(12-10-21)23-13-15-25(16-14-23)36-18-6-3-5-17-27(31,32)33/h9-16,20H,1-8,17-19H2,(H,34,35)/b24-20+. The molecule has 204 valence electrons. The Kier molecular flexibility index (Phi) is 13.4. The molecule has 37 heavy (non-hydrogen) atoms. The first-order valence-corrected chi connectivity index (χ1v) is 17.6. The lowest BCUT2D eigenvalue weighted by atomic mass is 10.0. The van der Waals surface area contributed by atoms with E-state index in [0.29, 0.717) is 43.2 Å². The predicted molar refractivity (Wildman–Crippen MR) is 149 cm³/mol. The van der Waals surface area contributed by atoms with E-state index in [1.807, 2.05) is 48.5 Å². The number of benzene rings is 2. The van der Waals surface area contributed by atoms with Gasteiger partial charge in [-0.25, -0.2) is 4.79 Å². The molecule has 0 atom stereocenters. The zero-order valence-corrected chi connectivity index (χ0v) is 23.8. The number of unbranched alkanes of at least 4 members (excludes halogenated alkanes) is 5. The molecular formula is C27H32Cl3F3O3Si. The number of hydrogen-bond donors (Lipinski definition) is 1. The van der Waals surface area contributed by atoms with Crippen LogP contribution in [0.4, 0.5) is 13.2 Å². The molecule has 0 saturated carbocycles. The first-order chi connectivity index (χ1) is 17.4. The van der Waals surface area contributed by atoms with Crippen LogP contribution in [0.1, 0.15) is 63.4 Å². The fourth-order valence-electron chi connectivity index (χ4n) is 3.75. The molecule has 0 aliphatic heterocycles. The van der Waals surface area contributed by atoms with Crippen molar-refractivity contribution in [3.05, 3.63) is 59.7 Å².